The van der Waals surface area contributed by atoms with Crippen LogP contribution in [0.5, 0.6) is 5.75 Å². The van der Waals surface area contributed by atoms with Crippen molar-refractivity contribution in [2.45, 2.75) is 6.92 Å². The van der Waals surface area contributed by atoms with Gasteiger partial charge in [0.1, 0.15) is 5.75 Å². The number of nitrogens with one attached hydrogen (secondary N) is 1. The summed E-state index contributed by atoms with van der Waals surface area (Å²) in [6.45, 7) is 2.54. The average molecular weight is 520 g/mol. The number of amides is 1. The van der Waals surface area contributed by atoms with Crippen LogP contribution < -0.4 is 10.1 Å². The van der Waals surface area contributed by atoms with Crippen molar-refractivity contribution in [2.75, 3.05) is 11.9 Å². The second-order valence-corrected chi connectivity index (χ2v) is 9.35. The van der Waals surface area contributed by atoms with E-state index in [4.69, 9.17) is 32.9 Å². The zero-order valence-corrected chi connectivity index (χ0v) is 20.9. The topological polar surface area (TPSA) is 64.1 Å². The van der Waals surface area contributed by atoms with E-state index in [0.717, 1.165) is 27.8 Å². The van der Waals surface area contributed by atoms with Gasteiger partial charge in [0, 0.05) is 26.9 Å². The van der Waals surface area contributed by atoms with Gasteiger partial charge in [-0.15, -0.1) is 11.3 Å². The highest BCUT2D eigenvalue weighted by atomic mass is 35.5. The van der Waals surface area contributed by atoms with E-state index in [2.05, 4.69) is 10.3 Å². The van der Waals surface area contributed by atoms with Gasteiger partial charge < -0.3 is 4.74 Å². The number of halogens is 2. The molecule has 5 rings (SSSR count). The Morgan fingerprint density at radius 1 is 0.971 bits per heavy atom. The molecule has 3 aromatic carbocycles. The normalized spacial score (nSPS) is 10.9. The van der Waals surface area contributed by atoms with Gasteiger partial charge >= 0.3 is 0 Å². The molecule has 0 fully saturated rings. The number of para-hydroxylation sites is 1. The Labute approximate surface area is 216 Å². The molecule has 0 bridgehead atoms. The first kappa shape index (κ1) is 23.3. The quantitative estimate of drug-likeness (QED) is 0.247. The maximum Gasteiger partial charge on any atom is 0.258 e. The van der Waals surface area contributed by atoms with Gasteiger partial charge in [-0.1, -0.05) is 41.4 Å². The van der Waals surface area contributed by atoms with Crippen molar-refractivity contribution in [3.05, 3.63) is 93.8 Å². The Bertz CT molecular complexity index is 1530. The number of carbonyl (C=O) groups is 1. The number of fused-ring (bicyclic) bond motifs is 1. The molecular weight excluding hydrogens is 501 g/mol. The van der Waals surface area contributed by atoms with Crippen molar-refractivity contribution < 1.29 is 9.53 Å². The molecule has 174 valence electrons. The molecule has 2 aromatic heterocycles. The van der Waals surface area contributed by atoms with E-state index < -0.39 is 0 Å². The van der Waals surface area contributed by atoms with E-state index in [1.807, 2.05) is 66.9 Å². The Hall–Kier alpha value is -3.45. The number of anilines is 1. The number of benzene rings is 3. The lowest BCUT2D eigenvalue weighted by molar-refractivity contribution is 0.102. The number of rotatable bonds is 6. The molecule has 8 heteroatoms. The SMILES string of the molecule is CCOc1ccc(-c2cc(C(=O)Nc3nc(-c4ccc(Cl)cc4Cl)cs3)c3ccccc3n2)cc1. The van der Waals surface area contributed by atoms with Gasteiger partial charge in [-0.25, -0.2) is 9.97 Å². The minimum atomic E-state index is -0.265. The molecule has 0 aliphatic rings. The number of nitrogens with zero attached hydrogens (tertiary/aromatic N) is 2. The van der Waals surface area contributed by atoms with Crippen LogP contribution >= 0.6 is 34.5 Å². The fourth-order valence-corrected chi connectivity index (χ4v) is 4.93. The highest BCUT2D eigenvalue weighted by Gasteiger charge is 2.16. The highest BCUT2D eigenvalue weighted by Crippen LogP contribution is 2.33. The van der Waals surface area contributed by atoms with Crippen LogP contribution in [0.3, 0.4) is 0 Å². The maximum atomic E-state index is 13.4. The Kier molecular flexibility index (Phi) is 6.68. The van der Waals surface area contributed by atoms with Crippen LogP contribution in [0.2, 0.25) is 10.0 Å². The average Bonchev–Trinajstić information content (AvgIpc) is 3.32. The number of pyridine rings is 1. The highest BCUT2D eigenvalue weighted by molar-refractivity contribution is 7.14. The molecule has 0 aliphatic heterocycles. The summed E-state index contributed by atoms with van der Waals surface area (Å²) in [5.41, 5.74) is 4.26. The summed E-state index contributed by atoms with van der Waals surface area (Å²) in [5.74, 6) is 0.522. The minimum Gasteiger partial charge on any atom is -0.494 e. The first-order valence-electron chi connectivity index (χ1n) is 10.9. The first-order chi connectivity index (χ1) is 17.0. The van der Waals surface area contributed by atoms with Crippen LogP contribution in [0.4, 0.5) is 5.13 Å². The molecule has 1 amide bonds. The Morgan fingerprint density at radius 3 is 2.54 bits per heavy atom. The van der Waals surface area contributed by atoms with Crippen molar-refractivity contribution in [2.24, 2.45) is 0 Å². The summed E-state index contributed by atoms with van der Waals surface area (Å²) < 4.78 is 5.54. The smallest absolute Gasteiger partial charge is 0.258 e. The lowest BCUT2D eigenvalue weighted by Gasteiger charge is -2.10. The van der Waals surface area contributed by atoms with E-state index in [-0.39, 0.29) is 5.91 Å². The number of ether oxygens (including phenoxy) is 1. The molecule has 0 aliphatic carbocycles. The second-order valence-electron chi connectivity index (χ2n) is 7.65. The number of thiazole rings is 1. The summed E-state index contributed by atoms with van der Waals surface area (Å²) in [5, 5.41) is 7.06. The lowest BCUT2D eigenvalue weighted by atomic mass is 10.0. The summed E-state index contributed by atoms with van der Waals surface area (Å²) in [7, 11) is 0. The van der Waals surface area contributed by atoms with Crippen molar-refractivity contribution in [1.29, 1.82) is 0 Å². The van der Waals surface area contributed by atoms with Crippen LogP contribution in [0.1, 0.15) is 17.3 Å². The van der Waals surface area contributed by atoms with Crippen LogP contribution in [0.25, 0.3) is 33.4 Å². The van der Waals surface area contributed by atoms with Crippen molar-refractivity contribution in [3.8, 4) is 28.3 Å². The molecule has 0 saturated heterocycles. The van der Waals surface area contributed by atoms with Crippen molar-refractivity contribution >= 4 is 56.5 Å². The molecule has 2 heterocycles. The monoisotopic (exact) mass is 519 g/mol. The third kappa shape index (κ3) is 5.00. The van der Waals surface area contributed by atoms with Crippen molar-refractivity contribution in [1.82, 2.24) is 9.97 Å². The van der Waals surface area contributed by atoms with E-state index >= 15 is 0 Å². The molecule has 0 unspecified atom stereocenters. The molecular formula is C27H19Cl2N3O2S. The first-order valence-corrected chi connectivity index (χ1v) is 12.5. The van der Waals surface area contributed by atoms with Gasteiger partial charge in [-0.05, 0) is 61.5 Å². The summed E-state index contributed by atoms with van der Waals surface area (Å²) >= 11 is 13.7. The van der Waals surface area contributed by atoms with Gasteiger partial charge in [0.15, 0.2) is 5.13 Å². The van der Waals surface area contributed by atoms with Crippen LogP contribution in [0, 0.1) is 0 Å². The standard InChI is InChI=1S/C27H19Cl2N3O2S/c1-2-34-18-10-7-16(8-11-18)24-14-21(19-5-3-4-6-23(19)30-24)26(33)32-27-31-25(15-35-27)20-12-9-17(28)13-22(20)29/h3-15H,2H2,1H3,(H,31,32,33). The second kappa shape index (κ2) is 10.0. The zero-order valence-electron chi connectivity index (χ0n) is 18.6. The fraction of sp³-hybridized carbons (Fsp3) is 0.0741. The van der Waals surface area contributed by atoms with E-state index in [1.165, 1.54) is 11.3 Å². The van der Waals surface area contributed by atoms with Gasteiger partial charge in [-0.2, -0.15) is 0 Å². The molecule has 0 radical (unpaired) electrons. The number of carbonyl (C=O) groups excluding carboxylic acids is 1. The number of aromatic nitrogens is 2. The molecule has 0 spiro atoms. The lowest BCUT2D eigenvalue weighted by Crippen LogP contribution is -2.13. The van der Waals surface area contributed by atoms with Crippen molar-refractivity contribution in [3.63, 3.8) is 0 Å². The Balaban J connectivity index is 1.47. The van der Waals surface area contributed by atoms with Crippen LogP contribution in [-0.2, 0) is 0 Å². The minimum absolute atomic E-state index is 0.265. The molecule has 35 heavy (non-hydrogen) atoms. The maximum absolute atomic E-state index is 13.4. The summed E-state index contributed by atoms with van der Waals surface area (Å²) in [6.07, 6.45) is 0. The summed E-state index contributed by atoms with van der Waals surface area (Å²) in [6, 6.07) is 22.3. The van der Waals surface area contributed by atoms with Gasteiger partial charge in [0.2, 0.25) is 0 Å². The molecule has 0 atom stereocenters. The predicted molar refractivity (Wildman–Crippen MR) is 144 cm³/mol. The molecule has 5 aromatic rings. The van der Waals surface area contributed by atoms with Gasteiger partial charge in [-0.3, -0.25) is 10.1 Å². The van der Waals surface area contributed by atoms with Crippen LogP contribution in [-0.4, -0.2) is 22.5 Å². The third-order valence-electron chi connectivity index (χ3n) is 5.35. The largest absolute Gasteiger partial charge is 0.494 e. The van der Waals surface area contributed by atoms with E-state index in [0.29, 0.717) is 38.7 Å². The fourth-order valence-electron chi connectivity index (χ4n) is 3.72. The Morgan fingerprint density at radius 2 is 1.77 bits per heavy atom. The summed E-state index contributed by atoms with van der Waals surface area (Å²) in [4.78, 5) is 22.7. The van der Waals surface area contributed by atoms with E-state index in [1.54, 1.807) is 18.2 Å². The van der Waals surface area contributed by atoms with Crippen LogP contribution in [0.15, 0.2) is 78.2 Å². The molecule has 5 nitrogen and oxygen atoms in total. The number of hydrogen-bond donors (Lipinski definition) is 1. The number of hydrogen-bond acceptors (Lipinski definition) is 5. The zero-order chi connectivity index (χ0) is 24.4. The third-order valence-corrected chi connectivity index (χ3v) is 6.66. The molecule has 0 saturated carbocycles. The molecule has 1 N–H and O–H groups in total. The van der Waals surface area contributed by atoms with Gasteiger partial charge in [0.25, 0.3) is 5.91 Å². The predicted octanol–water partition coefficient (Wildman–Crippen LogP) is 7.98. The van der Waals surface area contributed by atoms with E-state index in [9.17, 15) is 4.79 Å². The van der Waals surface area contributed by atoms with Gasteiger partial charge in [0.05, 0.1) is 34.1 Å².